The summed E-state index contributed by atoms with van der Waals surface area (Å²) >= 11 is 13.6. The Balaban J connectivity index is 1.70. The summed E-state index contributed by atoms with van der Waals surface area (Å²) in [7, 11) is 0. The third-order valence-electron chi connectivity index (χ3n) is 4.64. The second kappa shape index (κ2) is 8.63. The molecular formula is C18H22Cl2N4OS. The van der Waals surface area contributed by atoms with Gasteiger partial charge in [0.05, 0.1) is 21.0 Å². The summed E-state index contributed by atoms with van der Waals surface area (Å²) in [5, 5.41) is 12.6. The number of aromatic nitrogens is 3. The van der Waals surface area contributed by atoms with Crippen molar-refractivity contribution in [3.8, 4) is 0 Å². The molecule has 0 saturated heterocycles. The van der Waals surface area contributed by atoms with Gasteiger partial charge in [-0.2, -0.15) is 0 Å². The van der Waals surface area contributed by atoms with Gasteiger partial charge in [0.1, 0.15) is 5.82 Å². The van der Waals surface area contributed by atoms with E-state index in [-0.39, 0.29) is 11.2 Å². The van der Waals surface area contributed by atoms with Crippen molar-refractivity contribution in [1.82, 2.24) is 14.8 Å². The van der Waals surface area contributed by atoms with E-state index in [9.17, 15) is 4.79 Å². The fourth-order valence-electron chi connectivity index (χ4n) is 3.24. The molecule has 1 aromatic carbocycles. The Morgan fingerprint density at radius 1 is 1.27 bits per heavy atom. The Bertz CT molecular complexity index is 789. The molecule has 1 amide bonds. The third kappa shape index (κ3) is 4.35. The van der Waals surface area contributed by atoms with Crippen LogP contribution in [0.1, 0.15) is 50.9 Å². The van der Waals surface area contributed by atoms with Crippen molar-refractivity contribution in [3.63, 3.8) is 0 Å². The maximum absolute atomic E-state index is 12.6. The molecule has 140 valence electrons. The van der Waals surface area contributed by atoms with Gasteiger partial charge in [-0.15, -0.1) is 10.2 Å². The van der Waals surface area contributed by atoms with Gasteiger partial charge in [0, 0.05) is 6.04 Å². The number of anilines is 1. The molecule has 0 radical (unpaired) electrons. The van der Waals surface area contributed by atoms with Gasteiger partial charge in [-0.25, -0.2) is 0 Å². The fourth-order valence-corrected chi connectivity index (χ4v) is 4.55. The van der Waals surface area contributed by atoms with Crippen LogP contribution in [0.3, 0.4) is 0 Å². The van der Waals surface area contributed by atoms with Gasteiger partial charge in [0.15, 0.2) is 5.16 Å². The first-order valence-electron chi connectivity index (χ1n) is 8.80. The van der Waals surface area contributed by atoms with Crippen LogP contribution in [0.2, 0.25) is 10.0 Å². The second-order valence-electron chi connectivity index (χ2n) is 6.54. The van der Waals surface area contributed by atoms with Gasteiger partial charge in [0.25, 0.3) is 0 Å². The van der Waals surface area contributed by atoms with Crippen LogP contribution in [-0.2, 0) is 4.79 Å². The summed E-state index contributed by atoms with van der Waals surface area (Å²) in [6.45, 7) is 3.83. The van der Waals surface area contributed by atoms with Crippen molar-refractivity contribution >= 4 is 46.6 Å². The van der Waals surface area contributed by atoms with Crippen LogP contribution in [0.4, 0.5) is 5.69 Å². The number of carbonyl (C=O) groups excluding carboxylic acids is 1. The quantitative estimate of drug-likeness (QED) is 0.656. The molecule has 0 bridgehead atoms. The van der Waals surface area contributed by atoms with Crippen molar-refractivity contribution in [2.24, 2.45) is 0 Å². The molecule has 5 nitrogen and oxygen atoms in total. The summed E-state index contributed by atoms with van der Waals surface area (Å²) in [5.41, 5.74) is 0.515. The SMILES string of the molecule is Cc1nnc(S[C@@H](C)C(=O)Nc2cccc(Cl)c2Cl)n1C1CCCCC1. The summed E-state index contributed by atoms with van der Waals surface area (Å²) in [5.74, 6) is 0.764. The Morgan fingerprint density at radius 2 is 2.00 bits per heavy atom. The van der Waals surface area contributed by atoms with Crippen molar-refractivity contribution < 1.29 is 4.79 Å². The van der Waals surface area contributed by atoms with E-state index in [0.717, 1.165) is 23.8 Å². The molecule has 1 atom stereocenters. The molecule has 1 fully saturated rings. The molecule has 26 heavy (non-hydrogen) atoms. The van der Waals surface area contributed by atoms with Crippen molar-refractivity contribution in [3.05, 3.63) is 34.1 Å². The molecule has 0 aliphatic heterocycles. The highest BCUT2D eigenvalue weighted by molar-refractivity contribution is 8.00. The average molecular weight is 413 g/mol. The van der Waals surface area contributed by atoms with Crippen LogP contribution >= 0.6 is 35.0 Å². The maximum Gasteiger partial charge on any atom is 0.237 e. The Labute approximate surface area is 167 Å². The summed E-state index contributed by atoms with van der Waals surface area (Å²) in [6, 6.07) is 5.61. The van der Waals surface area contributed by atoms with E-state index in [1.807, 2.05) is 13.8 Å². The molecule has 0 spiro atoms. The molecule has 8 heteroatoms. The lowest BCUT2D eigenvalue weighted by atomic mass is 9.95. The number of amides is 1. The van der Waals surface area contributed by atoms with E-state index < -0.39 is 0 Å². The molecular weight excluding hydrogens is 391 g/mol. The Kier molecular flexibility index (Phi) is 6.48. The predicted octanol–water partition coefficient (Wildman–Crippen LogP) is 5.52. The lowest BCUT2D eigenvalue weighted by Gasteiger charge is -2.25. The first-order valence-corrected chi connectivity index (χ1v) is 10.4. The highest BCUT2D eigenvalue weighted by Crippen LogP contribution is 2.34. The number of aryl methyl sites for hydroxylation is 1. The number of thioether (sulfide) groups is 1. The van der Waals surface area contributed by atoms with E-state index >= 15 is 0 Å². The third-order valence-corrected chi connectivity index (χ3v) is 6.51. The standard InChI is InChI=1S/C18H22Cl2N4OS/c1-11(17(25)21-15-10-6-9-14(19)16(15)20)26-18-23-22-12(2)24(18)13-7-4-3-5-8-13/h6,9-11,13H,3-5,7-8H2,1-2H3,(H,21,25)/t11-/m0/s1. The van der Waals surface area contributed by atoms with Gasteiger partial charge < -0.3 is 9.88 Å². The summed E-state index contributed by atoms with van der Waals surface area (Å²) in [4.78, 5) is 12.6. The highest BCUT2D eigenvalue weighted by Gasteiger charge is 2.24. The van der Waals surface area contributed by atoms with E-state index in [4.69, 9.17) is 23.2 Å². The van der Waals surface area contributed by atoms with Crippen LogP contribution in [0, 0.1) is 6.92 Å². The molecule has 1 aromatic heterocycles. The monoisotopic (exact) mass is 412 g/mol. The molecule has 0 unspecified atom stereocenters. The molecule has 1 heterocycles. The zero-order chi connectivity index (χ0) is 18.7. The molecule has 2 aromatic rings. The zero-order valence-corrected chi connectivity index (χ0v) is 17.2. The first-order chi connectivity index (χ1) is 12.5. The topological polar surface area (TPSA) is 59.8 Å². The van der Waals surface area contributed by atoms with Crippen LogP contribution in [-0.4, -0.2) is 25.9 Å². The molecule has 1 saturated carbocycles. The molecule has 1 aliphatic carbocycles. The van der Waals surface area contributed by atoms with E-state index in [0.29, 0.717) is 21.8 Å². The number of hydrogen-bond donors (Lipinski definition) is 1. The van der Waals surface area contributed by atoms with Gasteiger partial charge >= 0.3 is 0 Å². The minimum absolute atomic E-state index is 0.144. The minimum Gasteiger partial charge on any atom is -0.324 e. The number of nitrogens with one attached hydrogen (secondary N) is 1. The summed E-state index contributed by atoms with van der Waals surface area (Å²) in [6.07, 6.45) is 6.04. The number of benzene rings is 1. The number of rotatable bonds is 5. The van der Waals surface area contributed by atoms with E-state index in [1.165, 1.54) is 31.0 Å². The lowest BCUT2D eigenvalue weighted by molar-refractivity contribution is -0.115. The van der Waals surface area contributed by atoms with Gasteiger partial charge in [-0.3, -0.25) is 4.79 Å². The smallest absolute Gasteiger partial charge is 0.237 e. The highest BCUT2D eigenvalue weighted by atomic mass is 35.5. The van der Waals surface area contributed by atoms with Gasteiger partial charge in [0.2, 0.25) is 5.91 Å². The van der Waals surface area contributed by atoms with Crippen molar-refractivity contribution in [2.75, 3.05) is 5.32 Å². The largest absolute Gasteiger partial charge is 0.324 e. The Hall–Kier alpha value is -1.24. The van der Waals surface area contributed by atoms with E-state index in [1.54, 1.807) is 18.2 Å². The van der Waals surface area contributed by atoms with Crippen LogP contribution in [0.25, 0.3) is 0 Å². The molecule has 1 N–H and O–H groups in total. The van der Waals surface area contributed by atoms with Crippen molar-refractivity contribution in [1.29, 1.82) is 0 Å². The number of halogens is 2. The summed E-state index contributed by atoms with van der Waals surface area (Å²) < 4.78 is 2.19. The zero-order valence-electron chi connectivity index (χ0n) is 14.8. The average Bonchev–Trinajstić information content (AvgIpc) is 2.99. The van der Waals surface area contributed by atoms with Crippen LogP contribution < -0.4 is 5.32 Å². The molecule has 1 aliphatic rings. The van der Waals surface area contributed by atoms with Gasteiger partial charge in [-0.1, -0.05) is 60.3 Å². The normalized spacial score (nSPS) is 16.5. The predicted molar refractivity (Wildman–Crippen MR) is 107 cm³/mol. The molecule has 3 rings (SSSR count). The Morgan fingerprint density at radius 3 is 2.73 bits per heavy atom. The van der Waals surface area contributed by atoms with Crippen LogP contribution in [0.5, 0.6) is 0 Å². The number of nitrogens with zero attached hydrogens (tertiary/aromatic N) is 3. The number of hydrogen-bond acceptors (Lipinski definition) is 4. The first kappa shape index (κ1) is 19.5. The van der Waals surface area contributed by atoms with Gasteiger partial charge in [-0.05, 0) is 38.8 Å². The maximum atomic E-state index is 12.6. The lowest BCUT2D eigenvalue weighted by Crippen LogP contribution is -2.24. The minimum atomic E-state index is -0.337. The van der Waals surface area contributed by atoms with Crippen molar-refractivity contribution in [2.45, 2.75) is 62.4 Å². The fraction of sp³-hybridized carbons (Fsp3) is 0.500. The van der Waals surface area contributed by atoms with E-state index in [2.05, 4.69) is 20.1 Å². The second-order valence-corrected chi connectivity index (χ2v) is 8.64. The number of carbonyl (C=O) groups is 1. The van der Waals surface area contributed by atoms with Crippen LogP contribution in [0.15, 0.2) is 23.4 Å².